The molecule has 1 atom stereocenters. The molecule has 0 aromatic heterocycles. The zero-order chi connectivity index (χ0) is 20.7. The SMILES string of the molecule is Cc1ccc(C(=O)Nc2cccc(C3Nc4ccccc4C(=O)N3C3CC3)c2)cc1. The maximum atomic E-state index is 13.2. The van der Waals surface area contributed by atoms with Gasteiger partial charge in [-0.15, -0.1) is 0 Å². The van der Waals surface area contributed by atoms with Gasteiger partial charge in [0.05, 0.1) is 5.56 Å². The van der Waals surface area contributed by atoms with Gasteiger partial charge in [0.2, 0.25) is 0 Å². The van der Waals surface area contributed by atoms with Crippen molar-refractivity contribution >= 4 is 23.2 Å². The molecule has 5 nitrogen and oxygen atoms in total. The molecule has 3 aromatic carbocycles. The van der Waals surface area contributed by atoms with Gasteiger partial charge < -0.3 is 15.5 Å². The Hall–Kier alpha value is -3.60. The van der Waals surface area contributed by atoms with E-state index >= 15 is 0 Å². The van der Waals surface area contributed by atoms with Crippen LogP contribution in [-0.4, -0.2) is 22.8 Å². The number of rotatable bonds is 4. The Morgan fingerprint density at radius 2 is 1.77 bits per heavy atom. The summed E-state index contributed by atoms with van der Waals surface area (Å²) >= 11 is 0. The van der Waals surface area contributed by atoms with E-state index in [1.165, 1.54) is 0 Å². The summed E-state index contributed by atoms with van der Waals surface area (Å²) in [5, 5.41) is 6.50. The van der Waals surface area contributed by atoms with Gasteiger partial charge >= 0.3 is 0 Å². The number of fused-ring (bicyclic) bond motifs is 1. The van der Waals surface area contributed by atoms with E-state index in [4.69, 9.17) is 0 Å². The summed E-state index contributed by atoms with van der Waals surface area (Å²) in [5.74, 6) is -0.0878. The van der Waals surface area contributed by atoms with Crippen LogP contribution < -0.4 is 10.6 Å². The number of aryl methyl sites for hydroxylation is 1. The van der Waals surface area contributed by atoms with Crippen LogP contribution in [-0.2, 0) is 0 Å². The Morgan fingerprint density at radius 3 is 2.53 bits per heavy atom. The minimum absolute atomic E-state index is 0.0611. The molecule has 1 fully saturated rings. The number of hydrogen-bond donors (Lipinski definition) is 2. The Bertz CT molecular complexity index is 1120. The smallest absolute Gasteiger partial charge is 0.258 e. The summed E-state index contributed by atoms with van der Waals surface area (Å²) in [6.45, 7) is 1.99. The van der Waals surface area contributed by atoms with E-state index in [-0.39, 0.29) is 24.0 Å². The largest absolute Gasteiger partial charge is 0.361 e. The van der Waals surface area contributed by atoms with Crippen molar-refractivity contribution in [3.05, 3.63) is 95.1 Å². The molecule has 5 rings (SSSR count). The van der Waals surface area contributed by atoms with Crippen LogP contribution in [0.1, 0.15) is 50.9 Å². The van der Waals surface area contributed by atoms with Crippen molar-refractivity contribution in [2.45, 2.75) is 32.0 Å². The molecule has 150 valence electrons. The standard InChI is InChI=1S/C25H23N3O2/c1-16-9-11-17(12-10-16)24(29)26-19-6-4-5-18(15-19)23-27-22-8-3-2-7-21(22)25(30)28(23)20-13-14-20/h2-12,15,20,23,27H,13-14H2,1H3,(H,26,29). The quantitative estimate of drug-likeness (QED) is 0.653. The van der Waals surface area contributed by atoms with Gasteiger partial charge in [-0.3, -0.25) is 9.59 Å². The van der Waals surface area contributed by atoms with Gasteiger partial charge in [-0.2, -0.15) is 0 Å². The molecule has 1 heterocycles. The third-order valence-corrected chi connectivity index (χ3v) is 5.68. The lowest BCUT2D eigenvalue weighted by Crippen LogP contribution is -2.44. The lowest BCUT2D eigenvalue weighted by Gasteiger charge is -2.38. The zero-order valence-electron chi connectivity index (χ0n) is 16.8. The van der Waals surface area contributed by atoms with Crippen molar-refractivity contribution in [2.24, 2.45) is 0 Å². The summed E-state index contributed by atoms with van der Waals surface area (Å²) in [4.78, 5) is 27.7. The number of carbonyl (C=O) groups is 2. The summed E-state index contributed by atoms with van der Waals surface area (Å²) in [6, 6.07) is 23.1. The molecule has 5 heteroatoms. The molecule has 1 saturated carbocycles. The van der Waals surface area contributed by atoms with Gasteiger partial charge in [-0.25, -0.2) is 0 Å². The molecule has 2 N–H and O–H groups in total. The lowest BCUT2D eigenvalue weighted by atomic mass is 10.0. The topological polar surface area (TPSA) is 61.4 Å². The van der Waals surface area contributed by atoms with E-state index in [0.717, 1.165) is 29.7 Å². The molecule has 3 aromatic rings. The monoisotopic (exact) mass is 397 g/mol. The molecule has 0 bridgehead atoms. The number of carbonyl (C=O) groups excluding carboxylic acids is 2. The number of para-hydroxylation sites is 1. The number of hydrogen-bond acceptors (Lipinski definition) is 3. The second kappa shape index (κ2) is 7.34. The van der Waals surface area contributed by atoms with E-state index in [1.807, 2.05) is 84.6 Å². The predicted molar refractivity (Wildman–Crippen MR) is 118 cm³/mol. The molecule has 0 saturated heterocycles. The van der Waals surface area contributed by atoms with Crippen molar-refractivity contribution in [3.63, 3.8) is 0 Å². The lowest BCUT2D eigenvalue weighted by molar-refractivity contribution is 0.0666. The highest BCUT2D eigenvalue weighted by molar-refractivity contribution is 6.04. The fourth-order valence-corrected chi connectivity index (χ4v) is 3.94. The average Bonchev–Trinajstić information content (AvgIpc) is 3.59. The first-order valence-electron chi connectivity index (χ1n) is 10.3. The Labute approximate surface area is 175 Å². The normalized spacial score (nSPS) is 17.8. The maximum absolute atomic E-state index is 13.2. The Balaban J connectivity index is 1.43. The van der Waals surface area contributed by atoms with Crippen LogP contribution in [0.5, 0.6) is 0 Å². The molecule has 30 heavy (non-hydrogen) atoms. The number of nitrogens with zero attached hydrogens (tertiary/aromatic N) is 1. The minimum atomic E-state index is -0.254. The summed E-state index contributed by atoms with van der Waals surface area (Å²) in [7, 11) is 0. The molecule has 1 unspecified atom stereocenters. The molecule has 2 amide bonds. The number of benzene rings is 3. The van der Waals surface area contributed by atoms with E-state index in [1.54, 1.807) is 0 Å². The van der Waals surface area contributed by atoms with Crippen LogP contribution in [0, 0.1) is 6.92 Å². The molecule has 0 spiro atoms. The van der Waals surface area contributed by atoms with Crippen LogP contribution in [0.4, 0.5) is 11.4 Å². The van der Waals surface area contributed by atoms with Gasteiger partial charge in [0.15, 0.2) is 0 Å². The molecule has 0 radical (unpaired) electrons. The molecule has 1 aliphatic carbocycles. The first-order chi connectivity index (χ1) is 14.6. The average molecular weight is 397 g/mol. The third-order valence-electron chi connectivity index (χ3n) is 5.68. The van der Waals surface area contributed by atoms with Gasteiger partial charge in [0.1, 0.15) is 6.17 Å². The molecular formula is C25H23N3O2. The van der Waals surface area contributed by atoms with Gasteiger partial charge in [0.25, 0.3) is 11.8 Å². The number of amides is 2. The van der Waals surface area contributed by atoms with Crippen molar-refractivity contribution in [2.75, 3.05) is 10.6 Å². The van der Waals surface area contributed by atoms with Crippen molar-refractivity contribution in [1.29, 1.82) is 0 Å². The maximum Gasteiger partial charge on any atom is 0.258 e. The fourth-order valence-electron chi connectivity index (χ4n) is 3.94. The Kier molecular flexibility index (Phi) is 4.51. The van der Waals surface area contributed by atoms with Crippen LogP contribution in [0.2, 0.25) is 0 Å². The van der Waals surface area contributed by atoms with E-state index in [9.17, 15) is 9.59 Å². The summed E-state index contributed by atoms with van der Waals surface area (Å²) in [6.07, 6.45) is 1.79. The fraction of sp³-hybridized carbons (Fsp3) is 0.200. The highest BCUT2D eigenvalue weighted by Gasteiger charge is 2.42. The minimum Gasteiger partial charge on any atom is -0.361 e. The molecular weight excluding hydrogens is 374 g/mol. The van der Waals surface area contributed by atoms with E-state index in [0.29, 0.717) is 16.8 Å². The number of nitrogens with one attached hydrogen (secondary N) is 2. The van der Waals surface area contributed by atoms with E-state index < -0.39 is 0 Å². The first kappa shape index (κ1) is 18.4. The highest BCUT2D eigenvalue weighted by Crippen LogP contribution is 2.41. The second-order valence-corrected chi connectivity index (χ2v) is 7.98. The van der Waals surface area contributed by atoms with Gasteiger partial charge in [0, 0.05) is 23.0 Å². The van der Waals surface area contributed by atoms with Gasteiger partial charge in [-0.05, 0) is 61.7 Å². The van der Waals surface area contributed by atoms with Crippen molar-refractivity contribution in [3.8, 4) is 0 Å². The van der Waals surface area contributed by atoms with Crippen molar-refractivity contribution < 1.29 is 9.59 Å². The summed E-state index contributed by atoms with van der Waals surface area (Å²) < 4.78 is 0. The van der Waals surface area contributed by atoms with Crippen molar-refractivity contribution in [1.82, 2.24) is 4.90 Å². The van der Waals surface area contributed by atoms with Crippen LogP contribution in [0.3, 0.4) is 0 Å². The van der Waals surface area contributed by atoms with Crippen LogP contribution in [0.25, 0.3) is 0 Å². The third kappa shape index (κ3) is 3.43. The molecule has 2 aliphatic rings. The Morgan fingerprint density at radius 1 is 1.00 bits per heavy atom. The second-order valence-electron chi connectivity index (χ2n) is 7.98. The zero-order valence-corrected chi connectivity index (χ0v) is 16.8. The molecule has 1 aliphatic heterocycles. The highest BCUT2D eigenvalue weighted by atomic mass is 16.2. The summed E-state index contributed by atoms with van der Waals surface area (Å²) in [5.41, 5.74) is 4.95. The number of anilines is 2. The van der Waals surface area contributed by atoms with Crippen LogP contribution >= 0.6 is 0 Å². The predicted octanol–water partition coefficient (Wildman–Crippen LogP) is 4.98. The first-order valence-corrected chi connectivity index (χ1v) is 10.3. The van der Waals surface area contributed by atoms with Gasteiger partial charge in [-0.1, -0.05) is 42.0 Å². The van der Waals surface area contributed by atoms with E-state index in [2.05, 4.69) is 10.6 Å². The van der Waals surface area contributed by atoms with Crippen LogP contribution in [0.15, 0.2) is 72.8 Å².